The first kappa shape index (κ1) is 10.2. The molecule has 78 valence electrons. The molecule has 1 saturated carbocycles. The van der Waals surface area contributed by atoms with Crippen LogP contribution in [0, 0.1) is 6.92 Å². The minimum Gasteiger partial charge on any atom is -0.316 e. The van der Waals surface area contributed by atoms with Crippen molar-refractivity contribution in [3.8, 4) is 0 Å². The van der Waals surface area contributed by atoms with Gasteiger partial charge in [-0.1, -0.05) is 12.8 Å². The summed E-state index contributed by atoms with van der Waals surface area (Å²) in [6.45, 7) is 2.25. The van der Waals surface area contributed by atoms with E-state index in [-0.39, 0.29) is 0 Å². The van der Waals surface area contributed by atoms with Crippen LogP contribution in [-0.4, -0.2) is 13.1 Å². The van der Waals surface area contributed by atoms with E-state index in [1.165, 1.54) is 30.6 Å². The molecule has 1 aliphatic rings. The summed E-state index contributed by atoms with van der Waals surface area (Å²) in [6, 6.07) is 3.03. The van der Waals surface area contributed by atoms with Crippen molar-refractivity contribution >= 4 is 11.3 Å². The predicted octanol–water partition coefficient (Wildman–Crippen LogP) is 3.30. The van der Waals surface area contributed by atoms with E-state index in [9.17, 15) is 0 Å². The van der Waals surface area contributed by atoms with Gasteiger partial charge in [-0.25, -0.2) is 0 Å². The van der Waals surface area contributed by atoms with Crippen LogP contribution in [0.4, 0.5) is 0 Å². The number of hydrogen-bond donors (Lipinski definition) is 1. The number of aryl methyl sites for hydroxylation is 1. The predicted molar refractivity (Wildman–Crippen MR) is 63.1 cm³/mol. The van der Waals surface area contributed by atoms with E-state index in [0.717, 1.165) is 5.92 Å². The fourth-order valence-electron chi connectivity index (χ4n) is 2.63. The summed E-state index contributed by atoms with van der Waals surface area (Å²) in [5, 5.41) is 5.70. The van der Waals surface area contributed by atoms with Gasteiger partial charge in [-0.2, -0.15) is 0 Å². The van der Waals surface area contributed by atoms with E-state index in [1.807, 2.05) is 11.3 Å². The number of nitrogens with one attached hydrogen (secondary N) is 1. The Kier molecular flexibility index (Phi) is 3.24. The van der Waals surface area contributed by atoms with Gasteiger partial charge >= 0.3 is 0 Å². The highest BCUT2D eigenvalue weighted by Gasteiger charge is 2.26. The molecule has 1 aromatic heterocycles. The van der Waals surface area contributed by atoms with Crippen LogP contribution in [0.15, 0.2) is 11.4 Å². The minimum absolute atomic E-state index is 0.706. The number of thiophene rings is 1. The van der Waals surface area contributed by atoms with Crippen molar-refractivity contribution in [2.24, 2.45) is 0 Å². The van der Waals surface area contributed by atoms with Gasteiger partial charge in [-0.15, -0.1) is 11.3 Å². The average molecular weight is 209 g/mol. The van der Waals surface area contributed by atoms with Crippen LogP contribution in [-0.2, 0) is 0 Å². The molecule has 0 radical (unpaired) electrons. The average Bonchev–Trinajstić information content (AvgIpc) is 2.64. The van der Waals surface area contributed by atoms with E-state index in [4.69, 9.17) is 0 Å². The molecule has 1 aliphatic carbocycles. The Labute approximate surface area is 90.5 Å². The quantitative estimate of drug-likeness (QED) is 0.788. The van der Waals surface area contributed by atoms with Gasteiger partial charge in [0.15, 0.2) is 0 Å². The summed E-state index contributed by atoms with van der Waals surface area (Å²) in [6.07, 6.45) is 5.50. The lowest BCUT2D eigenvalue weighted by Gasteiger charge is -2.31. The molecular weight excluding hydrogens is 190 g/mol. The molecule has 1 nitrogen and oxygen atoms in total. The molecule has 0 aromatic carbocycles. The maximum Gasteiger partial charge on any atom is 0.0133 e. The van der Waals surface area contributed by atoms with Crippen molar-refractivity contribution < 1.29 is 0 Å². The Morgan fingerprint density at radius 1 is 1.36 bits per heavy atom. The maximum absolute atomic E-state index is 3.47. The van der Waals surface area contributed by atoms with E-state index < -0.39 is 0 Å². The van der Waals surface area contributed by atoms with Gasteiger partial charge in [0.25, 0.3) is 0 Å². The Morgan fingerprint density at radius 2 is 2.14 bits per heavy atom. The van der Waals surface area contributed by atoms with Gasteiger partial charge in [0.2, 0.25) is 0 Å². The molecule has 0 saturated heterocycles. The third kappa shape index (κ3) is 1.86. The Balaban J connectivity index is 2.19. The summed E-state index contributed by atoms with van der Waals surface area (Å²) >= 11 is 1.88. The zero-order valence-corrected chi connectivity index (χ0v) is 9.86. The van der Waals surface area contributed by atoms with Gasteiger partial charge in [0.1, 0.15) is 0 Å². The molecule has 0 bridgehead atoms. The van der Waals surface area contributed by atoms with Crippen molar-refractivity contribution in [3.05, 3.63) is 21.9 Å². The van der Waals surface area contributed by atoms with Crippen LogP contribution in [0.1, 0.15) is 42.0 Å². The highest BCUT2D eigenvalue weighted by atomic mass is 32.1. The normalized spacial score (nSPS) is 27.9. The van der Waals surface area contributed by atoms with Gasteiger partial charge in [-0.3, -0.25) is 0 Å². The molecule has 1 heterocycles. The fraction of sp³-hybridized carbons (Fsp3) is 0.667. The highest BCUT2D eigenvalue weighted by Crippen LogP contribution is 2.36. The first-order valence-corrected chi connectivity index (χ1v) is 6.42. The Bertz CT molecular complexity index is 292. The van der Waals surface area contributed by atoms with Crippen LogP contribution in [0.25, 0.3) is 0 Å². The smallest absolute Gasteiger partial charge is 0.0133 e. The van der Waals surface area contributed by atoms with Crippen molar-refractivity contribution in [2.45, 2.75) is 44.6 Å². The highest BCUT2D eigenvalue weighted by molar-refractivity contribution is 7.10. The van der Waals surface area contributed by atoms with E-state index >= 15 is 0 Å². The van der Waals surface area contributed by atoms with Crippen molar-refractivity contribution in [2.75, 3.05) is 7.05 Å². The lowest BCUT2D eigenvalue weighted by molar-refractivity contribution is 0.344. The van der Waals surface area contributed by atoms with Crippen LogP contribution in [0.2, 0.25) is 0 Å². The van der Waals surface area contributed by atoms with Crippen molar-refractivity contribution in [1.82, 2.24) is 5.32 Å². The molecule has 2 heteroatoms. The lowest BCUT2D eigenvalue weighted by atomic mass is 9.80. The molecule has 0 spiro atoms. The zero-order valence-electron chi connectivity index (χ0n) is 9.05. The molecule has 2 rings (SSSR count). The van der Waals surface area contributed by atoms with E-state index in [0.29, 0.717) is 6.04 Å². The molecule has 2 atom stereocenters. The van der Waals surface area contributed by atoms with Crippen LogP contribution >= 0.6 is 11.3 Å². The summed E-state index contributed by atoms with van der Waals surface area (Å²) in [5.41, 5.74) is 1.59. The molecule has 2 unspecified atom stereocenters. The largest absolute Gasteiger partial charge is 0.316 e. The summed E-state index contributed by atoms with van der Waals surface area (Å²) in [5.74, 6) is 0.764. The van der Waals surface area contributed by atoms with Gasteiger partial charge in [0, 0.05) is 16.8 Å². The van der Waals surface area contributed by atoms with Gasteiger partial charge in [0.05, 0.1) is 0 Å². The molecule has 1 aromatic rings. The molecule has 1 N–H and O–H groups in total. The SMILES string of the molecule is CNC1CCCCC1c1ccsc1C. The molecule has 1 fully saturated rings. The summed E-state index contributed by atoms with van der Waals surface area (Å²) in [4.78, 5) is 1.51. The van der Waals surface area contributed by atoms with E-state index in [2.05, 4.69) is 30.7 Å². The summed E-state index contributed by atoms with van der Waals surface area (Å²) < 4.78 is 0. The maximum atomic E-state index is 3.47. The van der Waals surface area contributed by atoms with Crippen LogP contribution in [0.5, 0.6) is 0 Å². The third-order valence-corrected chi connectivity index (χ3v) is 4.30. The molecule has 0 amide bonds. The van der Waals surface area contributed by atoms with Crippen molar-refractivity contribution in [1.29, 1.82) is 0 Å². The third-order valence-electron chi connectivity index (χ3n) is 3.44. The first-order chi connectivity index (χ1) is 6.83. The topological polar surface area (TPSA) is 12.0 Å². The molecule has 0 aliphatic heterocycles. The second-order valence-electron chi connectivity index (χ2n) is 4.22. The standard InChI is InChI=1S/C12H19NS/c1-9-10(7-8-14-9)11-5-3-4-6-12(11)13-2/h7-8,11-13H,3-6H2,1-2H3. The van der Waals surface area contributed by atoms with Crippen LogP contribution < -0.4 is 5.32 Å². The number of hydrogen-bond acceptors (Lipinski definition) is 2. The molecular formula is C12H19NS. The second kappa shape index (κ2) is 4.45. The number of likely N-dealkylation sites (N-methyl/N-ethyl adjacent to an activating group) is 1. The minimum atomic E-state index is 0.706. The fourth-order valence-corrected chi connectivity index (χ4v) is 3.40. The van der Waals surface area contributed by atoms with E-state index in [1.54, 1.807) is 5.56 Å². The van der Waals surface area contributed by atoms with Gasteiger partial charge in [-0.05, 0) is 43.8 Å². The Morgan fingerprint density at radius 3 is 2.79 bits per heavy atom. The second-order valence-corrected chi connectivity index (χ2v) is 5.34. The Hall–Kier alpha value is -0.340. The van der Waals surface area contributed by atoms with Gasteiger partial charge < -0.3 is 5.32 Å². The zero-order chi connectivity index (χ0) is 9.97. The van der Waals surface area contributed by atoms with Crippen LogP contribution in [0.3, 0.4) is 0 Å². The summed E-state index contributed by atoms with van der Waals surface area (Å²) in [7, 11) is 2.10. The lowest BCUT2D eigenvalue weighted by Crippen LogP contribution is -2.34. The monoisotopic (exact) mass is 209 g/mol. The number of rotatable bonds is 2. The first-order valence-electron chi connectivity index (χ1n) is 5.54. The molecule has 14 heavy (non-hydrogen) atoms. The van der Waals surface area contributed by atoms with Crippen molar-refractivity contribution in [3.63, 3.8) is 0 Å².